The van der Waals surface area contributed by atoms with Gasteiger partial charge >= 0.3 is 0 Å². The summed E-state index contributed by atoms with van der Waals surface area (Å²) in [6.07, 6.45) is 1.41. The molecule has 0 aliphatic carbocycles. The average Bonchev–Trinajstić information content (AvgIpc) is 3.24. The fraction of sp³-hybridized carbons (Fsp3) is 0.133. The maximum atomic E-state index is 11.7. The third-order valence-electron chi connectivity index (χ3n) is 3.00. The van der Waals surface area contributed by atoms with E-state index < -0.39 is 0 Å². The number of nitrogens with one attached hydrogen (secondary N) is 1. The summed E-state index contributed by atoms with van der Waals surface area (Å²) in [5, 5.41) is 10.1. The van der Waals surface area contributed by atoms with E-state index in [1.807, 2.05) is 24.3 Å². The van der Waals surface area contributed by atoms with Crippen LogP contribution in [0.15, 0.2) is 51.6 Å². The topological polar surface area (TPSA) is 90.4 Å². The third kappa shape index (κ3) is 2.98. The molecule has 1 amide bonds. The van der Waals surface area contributed by atoms with Crippen LogP contribution in [0.4, 0.5) is 0 Å². The highest BCUT2D eigenvalue weighted by molar-refractivity contribution is 5.91. The van der Waals surface area contributed by atoms with Gasteiger partial charge in [-0.15, -0.1) is 0 Å². The van der Waals surface area contributed by atoms with Crippen molar-refractivity contribution in [3.63, 3.8) is 0 Å². The van der Waals surface area contributed by atoms with E-state index in [1.54, 1.807) is 13.2 Å². The molecule has 0 spiro atoms. The lowest BCUT2D eigenvalue weighted by Gasteiger charge is -2.00. The maximum absolute atomic E-state index is 11.7. The van der Waals surface area contributed by atoms with Crippen LogP contribution in [0.5, 0.6) is 5.75 Å². The van der Waals surface area contributed by atoms with Gasteiger partial charge in [0, 0.05) is 17.7 Å². The molecule has 3 rings (SSSR count). The van der Waals surface area contributed by atoms with Gasteiger partial charge in [0.25, 0.3) is 5.91 Å². The van der Waals surface area contributed by atoms with Crippen LogP contribution >= 0.6 is 0 Å². The van der Waals surface area contributed by atoms with Crippen LogP contribution in [-0.4, -0.2) is 23.3 Å². The van der Waals surface area contributed by atoms with Crippen molar-refractivity contribution in [3.05, 3.63) is 54.0 Å². The van der Waals surface area contributed by atoms with E-state index in [-0.39, 0.29) is 18.2 Å². The summed E-state index contributed by atoms with van der Waals surface area (Å²) in [5.41, 5.74) is 1.45. The van der Waals surface area contributed by atoms with Gasteiger partial charge in [0.15, 0.2) is 5.76 Å². The van der Waals surface area contributed by atoms with Gasteiger partial charge in [0.2, 0.25) is 5.76 Å². The molecule has 0 saturated heterocycles. The Kier molecular flexibility index (Phi) is 3.86. The average molecular weight is 299 g/mol. The molecular formula is C15H13N3O4. The van der Waals surface area contributed by atoms with E-state index in [2.05, 4.69) is 15.6 Å². The lowest BCUT2D eigenvalue weighted by atomic mass is 10.1. The number of hydrogen-bond donors (Lipinski definition) is 1. The van der Waals surface area contributed by atoms with E-state index in [9.17, 15) is 4.79 Å². The molecule has 0 saturated carbocycles. The number of carbonyl (C=O) groups is 1. The highest BCUT2D eigenvalue weighted by Gasteiger charge is 2.12. The van der Waals surface area contributed by atoms with E-state index >= 15 is 0 Å². The quantitative estimate of drug-likeness (QED) is 0.777. The summed E-state index contributed by atoms with van der Waals surface area (Å²) < 4.78 is 15.2. The summed E-state index contributed by atoms with van der Waals surface area (Å²) in [7, 11) is 1.60. The van der Waals surface area contributed by atoms with Gasteiger partial charge in [-0.05, 0) is 12.1 Å². The van der Waals surface area contributed by atoms with Crippen LogP contribution < -0.4 is 10.1 Å². The van der Waals surface area contributed by atoms with E-state index in [1.165, 1.54) is 12.3 Å². The van der Waals surface area contributed by atoms with Crippen LogP contribution in [-0.2, 0) is 6.54 Å². The van der Waals surface area contributed by atoms with Crippen molar-refractivity contribution in [2.24, 2.45) is 0 Å². The minimum Gasteiger partial charge on any atom is -0.497 e. The minimum atomic E-state index is -0.358. The van der Waals surface area contributed by atoms with Crippen LogP contribution in [0.25, 0.3) is 11.3 Å². The third-order valence-corrected chi connectivity index (χ3v) is 3.00. The Morgan fingerprint density at radius 3 is 2.95 bits per heavy atom. The van der Waals surface area contributed by atoms with Gasteiger partial charge in [-0.25, -0.2) is 0 Å². The highest BCUT2D eigenvalue weighted by atomic mass is 16.5. The molecule has 3 aromatic rings. The van der Waals surface area contributed by atoms with Crippen LogP contribution in [0, 0.1) is 0 Å². The molecule has 22 heavy (non-hydrogen) atoms. The Hall–Kier alpha value is -3.09. The van der Waals surface area contributed by atoms with E-state index in [0.29, 0.717) is 11.5 Å². The fourth-order valence-corrected chi connectivity index (χ4v) is 1.90. The minimum absolute atomic E-state index is 0.150. The van der Waals surface area contributed by atoms with E-state index in [0.717, 1.165) is 11.3 Å². The lowest BCUT2D eigenvalue weighted by Crippen LogP contribution is -2.22. The largest absolute Gasteiger partial charge is 0.497 e. The molecule has 2 aromatic heterocycles. The van der Waals surface area contributed by atoms with Crippen molar-refractivity contribution in [2.75, 3.05) is 7.11 Å². The molecule has 0 aliphatic rings. The molecule has 0 unspecified atom stereocenters. The molecule has 0 aliphatic heterocycles. The molecule has 2 heterocycles. The molecule has 0 bridgehead atoms. The first-order valence-electron chi connectivity index (χ1n) is 6.55. The molecule has 7 heteroatoms. The fourth-order valence-electron chi connectivity index (χ4n) is 1.90. The number of hydrogen-bond acceptors (Lipinski definition) is 6. The molecule has 112 valence electrons. The van der Waals surface area contributed by atoms with Gasteiger partial charge in [-0.1, -0.05) is 22.4 Å². The second kappa shape index (κ2) is 6.13. The van der Waals surface area contributed by atoms with Crippen LogP contribution in [0.2, 0.25) is 0 Å². The Morgan fingerprint density at radius 1 is 1.27 bits per heavy atom. The molecular weight excluding hydrogens is 286 g/mol. The van der Waals surface area contributed by atoms with Crippen molar-refractivity contribution < 1.29 is 18.6 Å². The number of nitrogens with zero attached hydrogens (tertiary/aromatic N) is 2. The second-order valence-corrected chi connectivity index (χ2v) is 4.47. The van der Waals surface area contributed by atoms with Crippen molar-refractivity contribution in [1.82, 2.24) is 15.6 Å². The zero-order valence-electron chi connectivity index (χ0n) is 11.8. The predicted octanol–water partition coefficient (Wildman–Crippen LogP) is 2.27. The SMILES string of the molecule is COc1cccc(-c2cc(CNC(=O)c3ccno3)no2)c1. The van der Waals surface area contributed by atoms with Crippen LogP contribution in [0.3, 0.4) is 0 Å². The summed E-state index contributed by atoms with van der Waals surface area (Å²) >= 11 is 0. The van der Waals surface area contributed by atoms with Gasteiger partial charge in [-0.3, -0.25) is 4.79 Å². The lowest BCUT2D eigenvalue weighted by molar-refractivity contribution is 0.0913. The normalized spacial score (nSPS) is 10.4. The number of amides is 1. The molecule has 0 atom stereocenters. The molecule has 0 fully saturated rings. The van der Waals surface area contributed by atoms with Crippen LogP contribution in [0.1, 0.15) is 16.2 Å². The number of ether oxygens (including phenoxy) is 1. The number of methoxy groups -OCH3 is 1. The Labute approximate surface area is 125 Å². The number of aromatic nitrogens is 2. The van der Waals surface area contributed by atoms with Gasteiger partial charge in [0.1, 0.15) is 11.4 Å². The first kappa shape index (κ1) is 13.9. The van der Waals surface area contributed by atoms with Crippen molar-refractivity contribution in [2.45, 2.75) is 6.54 Å². The van der Waals surface area contributed by atoms with Crippen molar-refractivity contribution >= 4 is 5.91 Å². The monoisotopic (exact) mass is 299 g/mol. The first-order valence-corrected chi connectivity index (χ1v) is 6.55. The number of carbonyl (C=O) groups excluding carboxylic acids is 1. The summed E-state index contributed by atoms with van der Waals surface area (Å²) in [4.78, 5) is 11.7. The van der Waals surface area contributed by atoms with E-state index in [4.69, 9.17) is 13.8 Å². The zero-order chi connectivity index (χ0) is 15.4. The van der Waals surface area contributed by atoms with Crippen molar-refractivity contribution in [3.8, 4) is 17.1 Å². The molecule has 7 nitrogen and oxygen atoms in total. The van der Waals surface area contributed by atoms with Gasteiger partial charge in [0.05, 0.1) is 19.9 Å². The van der Waals surface area contributed by atoms with Crippen molar-refractivity contribution in [1.29, 1.82) is 0 Å². The maximum Gasteiger partial charge on any atom is 0.290 e. The Morgan fingerprint density at radius 2 is 2.18 bits per heavy atom. The smallest absolute Gasteiger partial charge is 0.290 e. The summed E-state index contributed by atoms with van der Waals surface area (Å²) in [6, 6.07) is 10.7. The van der Waals surface area contributed by atoms with Gasteiger partial charge in [-0.2, -0.15) is 0 Å². The Bertz CT molecular complexity index is 765. The number of rotatable bonds is 5. The summed E-state index contributed by atoms with van der Waals surface area (Å²) in [6.45, 7) is 0.229. The molecule has 1 aromatic carbocycles. The zero-order valence-corrected chi connectivity index (χ0v) is 11.8. The predicted molar refractivity (Wildman–Crippen MR) is 76.2 cm³/mol. The molecule has 1 N–H and O–H groups in total. The van der Waals surface area contributed by atoms with Gasteiger partial charge < -0.3 is 19.1 Å². The molecule has 0 radical (unpaired) electrons. The number of benzene rings is 1. The standard InChI is InChI=1S/C15H13N3O4/c1-20-12-4-2-3-10(7-12)14-8-11(18-22-14)9-16-15(19)13-5-6-17-21-13/h2-8H,9H2,1H3,(H,16,19). The Balaban J connectivity index is 1.67. The second-order valence-electron chi connectivity index (χ2n) is 4.47. The summed E-state index contributed by atoms with van der Waals surface area (Å²) in [5.74, 6) is 1.12. The highest BCUT2D eigenvalue weighted by Crippen LogP contribution is 2.24. The first-order chi connectivity index (χ1) is 10.8.